The molecular formula is C17H28O2. The van der Waals surface area contributed by atoms with Gasteiger partial charge in [0.2, 0.25) is 0 Å². The molecule has 0 fully saturated rings. The predicted molar refractivity (Wildman–Crippen MR) is 82.0 cm³/mol. The van der Waals surface area contributed by atoms with Crippen molar-refractivity contribution >= 4 is 5.97 Å². The number of ether oxygens (including phenoxy) is 1. The highest BCUT2D eigenvalue weighted by Crippen LogP contribution is 2.19. The average Bonchev–Trinajstić information content (AvgIpc) is 2.41. The molecule has 0 saturated heterocycles. The zero-order valence-corrected chi connectivity index (χ0v) is 13.0. The Labute approximate surface area is 118 Å². The van der Waals surface area contributed by atoms with Crippen molar-refractivity contribution < 1.29 is 9.53 Å². The van der Waals surface area contributed by atoms with Gasteiger partial charge in [-0.3, -0.25) is 0 Å². The van der Waals surface area contributed by atoms with Crippen molar-refractivity contribution in [3.63, 3.8) is 0 Å². The van der Waals surface area contributed by atoms with E-state index in [1.807, 2.05) is 27.7 Å². The van der Waals surface area contributed by atoms with Crippen molar-refractivity contribution in [1.82, 2.24) is 0 Å². The van der Waals surface area contributed by atoms with Crippen LogP contribution in [0.25, 0.3) is 0 Å². The minimum Gasteiger partial charge on any atom is -0.463 e. The number of hydrogen-bond acceptors (Lipinski definition) is 2. The van der Waals surface area contributed by atoms with E-state index < -0.39 is 0 Å². The van der Waals surface area contributed by atoms with Crippen molar-refractivity contribution in [3.05, 3.63) is 35.5 Å². The summed E-state index contributed by atoms with van der Waals surface area (Å²) in [5, 5.41) is 0. The molecule has 0 aliphatic heterocycles. The maximum atomic E-state index is 11.6. The zero-order chi connectivity index (χ0) is 14.7. The average molecular weight is 264 g/mol. The molecule has 0 spiro atoms. The van der Waals surface area contributed by atoms with Crippen LogP contribution in [-0.4, -0.2) is 12.6 Å². The van der Waals surface area contributed by atoms with Gasteiger partial charge in [0.1, 0.15) is 0 Å². The Bertz CT molecular complexity index is 348. The van der Waals surface area contributed by atoms with E-state index in [-0.39, 0.29) is 5.97 Å². The van der Waals surface area contributed by atoms with Gasteiger partial charge >= 0.3 is 5.97 Å². The fourth-order valence-corrected chi connectivity index (χ4v) is 1.72. The van der Waals surface area contributed by atoms with Crippen LogP contribution in [-0.2, 0) is 9.53 Å². The summed E-state index contributed by atoms with van der Waals surface area (Å²) >= 11 is 0. The predicted octanol–water partition coefficient (Wildman–Crippen LogP) is 4.82. The number of allylic oxidation sites excluding steroid dienone is 5. The molecule has 0 radical (unpaired) electrons. The van der Waals surface area contributed by atoms with E-state index in [0.29, 0.717) is 12.5 Å². The van der Waals surface area contributed by atoms with Crippen LogP contribution < -0.4 is 0 Å². The maximum absolute atomic E-state index is 11.6. The summed E-state index contributed by atoms with van der Waals surface area (Å²) in [5.74, 6) is 0.186. The normalized spacial score (nSPS) is 14.8. The number of rotatable bonds is 8. The van der Waals surface area contributed by atoms with Crippen LogP contribution in [0.1, 0.15) is 53.9 Å². The first-order valence-electron chi connectivity index (χ1n) is 7.15. The lowest BCUT2D eigenvalue weighted by atomic mass is 9.94. The molecule has 0 aliphatic rings. The molecule has 0 rings (SSSR count). The highest BCUT2D eigenvalue weighted by Gasteiger charge is 2.12. The highest BCUT2D eigenvalue weighted by molar-refractivity contribution is 5.88. The van der Waals surface area contributed by atoms with Gasteiger partial charge in [-0.25, -0.2) is 4.79 Å². The van der Waals surface area contributed by atoms with Crippen molar-refractivity contribution in [3.8, 4) is 0 Å². The SMILES string of the molecule is C/C=C/CC/C=C/CC(C)/C(C)=C(\C)C(=O)OCC. The smallest absolute Gasteiger partial charge is 0.333 e. The second-order valence-corrected chi connectivity index (χ2v) is 4.78. The Hall–Kier alpha value is -1.31. The van der Waals surface area contributed by atoms with Crippen LogP contribution in [0.2, 0.25) is 0 Å². The van der Waals surface area contributed by atoms with Gasteiger partial charge in [0.25, 0.3) is 0 Å². The van der Waals surface area contributed by atoms with Crippen LogP contribution in [0.15, 0.2) is 35.5 Å². The van der Waals surface area contributed by atoms with Gasteiger partial charge in [0.05, 0.1) is 6.61 Å². The number of carbonyl (C=O) groups excluding carboxylic acids is 1. The third kappa shape index (κ3) is 7.66. The number of unbranched alkanes of at least 4 members (excludes halogenated alkanes) is 1. The van der Waals surface area contributed by atoms with E-state index in [2.05, 4.69) is 31.2 Å². The lowest BCUT2D eigenvalue weighted by molar-refractivity contribution is -0.138. The highest BCUT2D eigenvalue weighted by atomic mass is 16.5. The summed E-state index contributed by atoms with van der Waals surface area (Å²) in [4.78, 5) is 11.6. The molecule has 0 aliphatic carbocycles. The Morgan fingerprint density at radius 1 is 1.16 bits per heavy atom. The molecule has 108 valence electrons. The van der Waals surface area contributed by atoms with Gasteiger partial charge in [-0.1, -0.05) is 36.8 Å². The van der Waals surface area contributed by atoms with Crippen molar-refractivity contribution in [2.45, 2.75) is 53.9 Å². The quantitative estimate of drug-likeness (QED) is 0.272. The second-order valence-electron chi connectivity index (χ2n) is 4.78. The first-order valence-corrected chi connectivity index (χ1v) is 7.15. The molecule has 1 unspecified atom stereocenters. The summed E-state index contributed by atoms with van der Waals surface area (Å²) in [6.07, 6.45) is 11.8. The summed E-state index contributed by atoms with van der Waals surface area (Å²) in [6, 6.07) is 0. The fourth-order valence-electron chi connectivity index (χ4n) is 1.72. The molecule has 2 heteroatoms. The Kier molecular flexibility index (Phi) is 9.87. The van der Waals surface area contributed by atoms with Crippen molar-refractivity contribution in [1.29, 1.82) is 0 Å². The first-order chi connectivity index (χ1) is 9.04. The number of esters is 1. The molecule has 0 aromatic carbocycles. The van der Waals surface area contributed by atoms with E-state index in [4.69, 9.17) is 4.74 Å². The Morgan fingerprint density at radius 2 is 1.79 bits per heavy atom. The van der Waals surface area contributed by atoms with E-state index in [1.165, 1.54) is 0 Å². The second kappa shape index (κ2) is 10.6. The van der Waals surface area contributed by atoms with Gasteiger partial charge in [-0.15, -0.1) is 0 Å². The van der Waals surface area contributed by atoms with Crippen LogP contribution in [0.4, 0.5) is 0 Å². The van der Waals surface area contributed by atoms with Gasteiger partial charge in [-0.2, -0.15) is 0 Å². The number of hydrogen-bond donors (Lipinski definition) is 0. The van der Waals surface area contributed by atoms with Crippen molar-refractivity contribution in [2.75, 3.05) is 6.61 Å². The lowest BCUT2D eigenvalue weighted by Gasteiger charge is -2.13. The van der Waals surface area contributed by atoms with Crippen LogP contribution in [0.3, 0.4) is 0 Å². The van der Waals surface area contributed by atoms with E-state index in [0.717, 1.165) is 30.4 Å². The number of carbonyl (C=O) groups is 1. The molecule has 19 heavy (non-hydrogen) atoms. The van der Waals surface area contributed by atoms with Gasteiger partial charge in [0, 0.05) is 5.57 Å². The lowest BCUT2D eigenvalue weighted by Crippen LogP contribution is -2.10. The fraction of sp³-hybridized carbons (Fsp3) is 0.588. The third-order valence-electron chi connectivity index (χ3n) is 3.30. The molecule has 0 saturated carbocycles. The minimum absolute atomic E-state index is 0.191. The molecular weight excluding hydrogens is 236 g/mol. The molecule has 0 bridgehead atoms. The molecule has 0 heterocycles. The topological polar surface area (TPSA) is 26.3 Å². The van der Waals surface area contributed by atoms with Crippen molar-refractivity contribution in [2.24, 2.45) is 5.92 Å². The molecule has 1 atom stereocenters. The van der Waals surface area contributed by atoms with Crippen LogP contribution >= 0.6 is 0 Å². The maximum Gasteiger partial charge on any atom is 0.333 e. The standard InChI is InChI=1S/C17H28O2/c1-6-8-9-10-11-12-13-14(3)15(4)16(5)17(18)19-7-2/h6,8,11-12,14H,7,9-10,13H2,1-5H3/b8-6+,12-11+,16-15+. The molecule has 0 aromatic heterocycles. The molecule has 2 nitrogen and oxygen atoms in total. The molecule has 0 amide bonds. The van der Waals surface area contributed by atoms with Crippen LogP contribution in [0, 0.1) is 5.92 Å². The van der Waals surface area contributed by atoms with E-state index in [9.17, 15) is 4.79 Å². The summed E-state index contributed by atoms with van der Waals surface area (Å²) < 4.78 is 5.02. The van der Waals surface area contributed by atoms with E-state index in [1.54, 1.807) is 0 Å². The third-order valence-corrected chi connectivity index (χ3v) is 3.30. The minimum atomic E-state index is -0.191. The van der Waals surface area contributed by atoms with Crippen LogP contribution in [0.5, 0.6) is 0 Å². The first kappa shape index (κ1) is 17.7. The summed E-state index contributed by atoms with van der Waals surface area (Å²) in [7, 11) is 0. The van der Waals surface area contributed by atoms with Gasteiger partial charge < -0.3 is 4.74 Å². The zero-order valence-electron chi connectivity index (χ0n) is 13.0. The van der Waals surface area contributed by atoms with Gasteiger partial charge in [0.15, 0.2) is 0 Å². The van der Waals surface area contributed by atoms with Gasteiger partial charge in [-0.05, 0) is 52.9 Å². The molecule has 0 aromatic rings. The monoisotopic (exact) mass is 264 g/mol. The Balaban J connectivity index is 4.28. The van der Waals surface area contributed by atoms with E-state index >= 15 is 0 Å². The Morgan fingerprint density at radius 3 is 2.37 bits per heavy atom. The molecule has 0 N–H and O–H groups in total. The summed E-state index contributed by atoms with van der Waals surface area (Å²) in [5.41, 5.74) is 1.87. The largest absolute Gasteiger partial charge is 0.463 e. The summed E-state index contributed by atoms with van der Waals surface area (Å²) in [6.45, 7) is 10.3.